The zero-order chi connectivity index (χ0) is 15.7. The summed E-state index contributed by atoms with van der Waals surface area (Å²) in [7, 11) is 0. The van der Waals surface area contributed by atoms with Crippen LogP contribution in [0.2, 0.25) is 0 Å². The summed E-state index contributed by atoms with van der Waals surface area (Å²) >= 11 is 0. The van der Waals surface area contributed by atoms with Gasteiger partial charge in [0.15, 0.2) is 0 Å². The van der Waals surface area contributed by atoms with Crippen LogP contribution in [-0.4, -0.2) is 51.4 Å². The van der Waals surface area contributed by atoms with Crippen LogP contribution in [0, 0.1) is 6.92 Å². The molecule has 2 heterocycles. The minimum absolute atomic E-state index is 0.00269. The van der Waals surface area contributed by atoms with Gasteiger partial charge in [0.25, 0.3) is 5.56 Å². The quantitative estimate of drug-likeness (QED) is 0.824. The van der Waals surface area contributed by atoms with Gasteiger partial charge in [0.2, 0.25) is 5.91 Å². The molecule has 1 aliphatic heterocycles. The number of rotatable bonds is 2. The molecule has 0 spiro atoms. The number of amides is 1. The molecule has 0 unspecified atom stereocenters. The number of carbonyl (C=O) groups is 1. The van der Waals surface area contributed by atoms with Crippen molar-refractivity contribution in [2.45, 2.75) is 20.5 Å². The first-order valence-corrected chi connectivity index (χ1v) is 7.50. The molecule has 1 saturated heterocycles. The molecule has 0 aliphatic carbocycles. The van der Waals surface area contributed by atoms with Gasteiger partial charge >= 0.3 is 0 Å². The number of para-hydroxylation sites is 1. The van der Waals surface area contributed by atoms with E-state index >= 15 is 0 Å². The Bertz CT molecular complexity index is 760. The molecule has 0 atom stereocenters. The first-order chi connectivity index (χ1) is 10.6. The van der Waals surface area contributed by atoms with E-state index in [0.717, 1.165) is 24.4 Å². The van der Waals surface area contributed by atoms with E-state index in [2.05, 4.69) is 9.88 Å². The van der Waals surface area contributed by atoms with Crippen LogP contribution in [0.3, 0.4) is 0 Å². The smallest absolute Gasteiger partial charge is 0.262 e. The lowest BCUT2D eigenvalue weighted by atomic mass is 10.2. The Labute approximate surface area is 129 Å². The van der Waals surface area contributed by atoms with Gasteiger partial charge in [-0.3, -0.25) is 19.1 Å². The largest absolute Gasteiger partial charge is 0.340 e. The maximum absolute atomic E-state index is 12.6. The van der Waals surface area contributed by atoms with Crippen molar-refractivity contribution >= 4 is 16.8 Å². The van der Waals surface area contributed by atoms with Crippen LogP contribution < -0.4 is 5.56 Å². The SMILES string of the molecule is CC(=O)N1CCN(Cn2c(C)nc3ccccc3c2=O)CC1. The number of hydrogen-bond acceptors (Lipinski definition) is 4. The summed E-state index contributed by atoms with van der Waals surface area (Å²) in [5, 5.41) is 0.649. The second-order valence-corrected chi connectivity index (χ2v) is 5.67. The van der Waals surface area contributed by atoms with E-state index in [9.17, 15) is 9.59 Å². The van der Waals surface area contributed by atoms with Gasteiger partial charge in [-0.2, -0.15) is 0 Å². The van der Waals surface area contributed by atoms with Crippen LogP contribution in [-0.2, 0) is 11.5 Å². The second-order valence-electron chi connectivity index (χ2n) is 5.67. The molecule has 1 aromatic carbocycles. The summed E-state index contributed by atoms with van der Waals surface area (Å²) in [5.41, 5.74) is 0.736. The third-order valence-electron chi connectivity index (χ3n) is 4.21. The zero-order valence-electron chi connectivity index (χ0n) is 13.0. The molecule has 1 amide bonds. The molecule has 1 aromatic heterocycles. The summed E-state index contributed by atoms with van der Waals surface area (Å²) in [6, 6.07) is 7.42. The van der Waals surface area contributed by atoms with Gasteiger partial charge in [0.05, 0.1) is 17.6 Å². The van der Waals surface area contributed by atoms with Crippen LogP contribution in [0.15, 0.2) is 29.1 Å². The van der Waals surface area contributed by atoms with E-state index in [1.165, 1.54) is 0 Å². The lowest BCUT2D eigenvalue weighted by Gasteiger charge is -2.34. The summed E-state index contributed by atoms with van der Waals surface area (Å²) in [4.78, 5) is 32.5. The third-order valence-corrected chi connectivity index (χ3v) is 4.21. The number of nitrogens with zero attached hydrogens (tertiary/aromatic N) is 4. The van der Waals surface area contributed by atoms with Crippen molar-refractivity contribution in [2.75, 3.05) is 26.2 Å². The molecular formula is C16H20N4O2. The normalized spacial score (nSPS) is 16.2. The molecule has 22 heavy (non-hydrogen) atoms. The minimum Gasteiger partial charge on any atom is -0.340 e. The highest BCUT2D eigenvalue weighted by Gasteiger charge is 2.19. The van der Waals surface area contributed by atoms with Gasteiger partial charge in [-0.05, 0) is 19.1 Å². The monoisotopic (exact) mass is 300 g/mol. The van der Waals surface area contributed by atoms with Gasteiger partial charge in [-0.15, -0.1) is 0 Å². The highest BCUT2D eigenvalue weighted by Crippen LogP contribution is 2.09. The molecule has 116 valence electrons. The molecule has 0 radical (unpaired) electrons. The van der Waals surface area contributed by atoms with E-state index < -0.39 is 0 Å². The Morgan fingerprint density at radius 2 is 1.86 bits per heavy atom. The van der Waals surface area contributed by atoms with Crippen LogP contribution in [0.5, 0.6) is 0 Å². The first-order valence-electron chi connectivity index (χ1n) is 7.50. The number of carbonyl (C=O) groups excluding carboxylic acids is 1. The van der Waals surface area contributed by atoms with Gasteiger partial charge in [0.1, 0.15) is 5.82 Å². The second kappa shape index (κ2) is 5.88. The van der Waals surface area contributed by atoms with Crippen LogP contribution in [0.1, 0.15) is 12.7 Å². The van der Waals surface area contributed by atoms with Gasteiger partial charge in [-0.25, -0.2) is 4.98 Å². The minimum atomic E-state index is -0.00269. The molecule has 6 heteroatoms. The third kappa shape index (κ3) is 2.74. The lowest BCUT2D eigenvalue weighted by Crippen LogP contribution is -2.49. The Balaban J connectivity index is 1.83. The van der Waals surface area contributed by atoms with Crippen molar-refractivity contribution in [3.05, 3.63) is 40.4 Å². The fraction of sp³-hybridized carbons (Fsp3) is 0.438. The molecule has 0 saturated carbocycles. The van der Waals surface area contributed by atoms with E-state index in [-0.39, 0.29) is 11.5 Å². The molecule has 1 fully saturated rings. The van der Waals surface area contributed by atoms with Crippen molar-refractivity contribution in [1.82, 2.24) is 19.4 Å². The summed E-state index contributed by atoms with van der Waals surface area (Å²) in [5.74, 6) is 0.832. The molecule has 0 bridgehead atoms. The Hall–Kier alpha value is -2.21. The van der Waals surface area contributed by atoms with Crippen molar-refractivity contribution in [3.8, 4) is 0 Å². The average Bonchev–Trinajstić information content (AvgIpc) is 2.52. The number of hydrogen-bond donors (Lipinski definition) is 0. The maximum atomic E-state index is 12.6. The average molecular weight is 300 g/mol. The molecule has 2 aromatic rings. The molecule has 0 N–H and O–H groups in total. The van der Waals surface area contributed by atoms with Gasteiger partial charge in [0, 0.05) is 33.1 Å². The van der Waals surface area contributed by atoms with Crippen LogP contribution in [0.25, 0.3) is 10.9 Å². The summed E-state index contributed by atoms with van der Waals surface area (Å²) in [6.45, 7) is 6.95. The fourth-order valence-corrected chi connectivity index (χ4v) is 2.85. The standard InChI is InChI=1S/C16H20N4O2/c1-12-17-15-6-4-3-5-14(15)16(22)20(12)11-18-7-9-19(10-8-18)13(2)21/h3-6H,7-11H2,1-2H3. The van der Waals surface area contributed by atoms with E-state index in [0.29, 0.717) is 25.1 Å². The van der Waals surface area contributed by atoms with E-state index in [4.69, 9.17) is 0 Å². The van der Waals surface area contributed by atoms with Crippen LogP contribution in [0.4, 0.5) is 0 Å². The summed E-state index contributed by atoms with van der Waals surface area (Å²) in [6.07, 6.45) is 0. The van der Waals surface area contributed by atoms with Crippen molar-refractivity contribution < 1.29 is 4.79 Å². The molecule has 3 rings (SSSR count). The first kappa shape index (κ1) is 14.7. The lowest BCUT2D eigenvalue weighted by molar-refractivity contribution is -0.130. The Morgan fingerprint density at radius 3 is 2.55 bits per heavy atom. The Kier molecular flexibility index (Phi) is 3.94. The Morgan fingerprint density at radius 1 is 1.18 bits per heavy atom. The van der Waals surface area contributed by atoms with Crippen molar-refractivity contribution in [1.29, 1.82) is 0 Å². The highest BCUT2D eigenvalue weighted by molar-refractivity contribution is 5.77. The molecular weight excluding hydrogens is 280 g/mol. The zero-order valence-corrected chi connectivity index (χ0v) is 13.0. The predicted octanol–water partition coefficient (Wildman–Crippen LogP) is 0.827. The number of aryl methyl sites for hydroxylation is 1. The van der Waals surface area contributed by atoms with Crippen molar-refractivity contribution in [2.24, 2.45) is 0 Å². The topological polar surface area (TPSA) is 58.4 Å². The number of piperazine rings is 1. The fourth-order valence-electron chi connectivity index (χ4n) is 2.85. The number of fused-ring (bicyclic) bond motifs is 1. The van der Waals surface area contributed by atoms with E-state index in [1.54, 1.807) is 11.5 Å². The number of aromatic nitrogens is 2. The van der Waals surface area contributed by atoms with Gasteiger partial charge in [-0.1, -0.05) is 12.1 Å². The van der Waals surface area contributed by atoms with Crippen molar-refractivity contribution in [3.63, 3.8) is 0 Å². The summed E-state index contributed by atoms with van der Waals surface area (Å²) < 4.78 is 1.71. The highest BCUT2D eigenvalue weighted by atomic mass is 16.2. The maximum Gasteiger partial charge on any atom is 0.262 e. The molecule has 6 nitrogen and oxygen atoms in total. The predicted molar refractivity (Wildman–Crippen MR) is 84.6 cm³/mol. The van der Waals surface area contributed by atoms with Crippen LogP contribution >= 0.6 is 0 Å². The number of benzene rings is 1. The van der Waals surface area contributed by atoms with E-state index in [1.807, 2.05) is 36.1 Å². The van der Waals surface area contributed by atoms with Gasteiger partial charge < -0.3 is 4.90 Å². The molecule has 1 aliphatic rings.